The van der Waals surface area contributed by atoms with Gasteiger partial charge >= 0.3 is 5.97 Å². The van der Waals surface area contributed by atoms with Gasteiger partial charge in [-0.3, -0.25) is 4.79 Å². The average Bonchev–Trinajstić information content (AvgIpc) is 2.41. The molecule has 0 amide bonds. The van der Waals surface area contributed by atoms with Crippen LogP contribution in [0.25, 0.3) is 0 Å². The van der Waals surface area contributed by atoms with Gasteiger partial charge in [0.2, 0.25) is 0 Å². The summed E-state index contributed by atoms with van der Waals surface area (Å²) in [5.41, 5.74) is 1.13. The molecule has 1 aromatic rings. The van der Waals surface area contributed by atoms with Gasteiger partial charge in [0.1, 0.15) is 6.04 Å². The van der Waals surface area contributed by atoms with E-state index in [1.54, 1.807) is 18.8 Å². The zero-order chi connectivity index (χ0) is 14.1. The largest absolute Gasteiger partial charge is 0.465 e. The topological polar surface area (TPSA) is 38.3 Å². The minimum atomic E-state index is -0.223. The van der Waals surface area contributed by atoms with Gasteiger partial charge in [0.05, 0.1) is 6.61 Å². The van der Waals surface area contributed by atoms with Crippen molar-refractivity contribution in [3.05, 3.63) is 34.9 Å². The number of esters is 1. The number of likely N-dealkylation sites (N-methyl/N-ethyl adjacent to an activating group) is 1. The number of nitrogens with one attached hydrogen (secondary N) is 1. The molecule has 1 atom stereocenters. The van der Waals surface area contributed by atoms with Crippen LogP contribution in [0.2, 0.25) is 5.02 Å². The lowest BCUT2D eigenvalue weighted by molar-refractivity contribution is -0.145. The number of benzene rings is 1. The zero-order valence-electron chi connectivity index (χ0n) is 11.3. The predicted octanol–water partition coefficient (Wildman–Crippen LogP) is 3.11. The molecule has 3 nitrogen and oxygen atoms in total. The first kappa shape index (κ1) is 16.3. The van der Waals surface area contributed by atoms with Gasteiger partial charge in [0.15, 0.2) is 0 Å². The molecule has 0 saturated heterocycles. The second-order valence-electron chi connectivity index (χ2n) is 4.03. The number of rotatable bonds is 8. The summed E-state index contributed by atoms with van der Waals surface area (Å²) in [6, 6.07) is 7.60. The van der Waals surface area contributed by atoms with Crippen molar-refractivity contribution in [3.8, 4) is 0 Å². The fourth-order valence-corrected chi connectivity index (χ4v) is 2.92. The molecule has 5 heteroatoms. The van der Waals surface area contributed by atoms with E-state index in [0.717, 1.165) is 28.5 Å². The van der Waals surface area contributed by atoms with Crippen LogP contribution in [-0.2, 0) is 15.3 Å². The maximum absolute atomic E-state index is 11.6. The van der Waals surface area contributed by atoms with E-state index < -0.39 is 0 Å². The Hall–Kier alpha value is -0.710. The van der Waals surface area contributed by atoms with E-state index in [2.05, 4.69) is 5.32 Å². The van der Waals surface area contributed by atoms with Crippen LogP contribution in [0, 0.1) is 0 Å². The van der Waals surface area contributed by atoms with Gasteiger partial charge in [-0.2, -0.15) is 11.8 Å². The molecule has 0 bridgehead atoms. The van der Waals surface area contributed by atoms with E-state index in [1.165, 1.54) is 0 Å². The Morgan fingerprint density at radius 2 is 2.21 bits per heavy atom. The van der Waals surface area contributed by atoms with Crippen LogP contribution in [0.4, 0.5) is 0 Å². The molecule has 0 fully saturated rings. The summed E-state index contributed by atoms with van der Waals surface area (Å²) in [4.78, 5) is 11.6. The highest BCUT2D eigenvalue weighted by Gasteiger charge is 2.16. The zero-order valence-corrected chi connectivity index (χ0v) is 12.9. The first-order valence-corrected chi connectivity index (χ1v) is 7.87. The fraction of sp³-hybridized carbons (Fsp3) is 0.500. The van der Waals surface area contributed by atoms with E-state index in [9.17, 15) is 4.79 Å². The Morgan fingerprint density at radius 3 is 2.84 bits per heavy atom. The minimum Gasteiger partial charge on any atom is -0.465 e. The molecule has 0 aliphatic carbocycles. The molecule has 19 heavy (non-hydrogen) atoms. The van der Waals surface area contributed by atoms with Gasteiger partial charge in [-0.25, -0.2) is 0 Å². The highest BCUT2D eigenvalue weighted by molar-refractivity contribution is 7.98. The number of hydrogen-bond acceptors (Lipinski definition) is 4. The average molecular weight is 302 g/mol. The van der Waals surface area contributed by atoms with Crippen LogP contribution >= 0.6 is 23.4 Å². The standard InChI is InChI=1S/C14H20ClNO2S/c1-3-18-14(17)13(16-2)8-9-19-10-11-6-4-5-7-12(11)15/h4-7,13,16H,3,8-10H2,1-2H3. The lowest BCUT2D eigenvalue weighted by atomic mass is 10.2. The molecule has 0 spiro atoms. The molecule has 0 radical (unpaired) electrons. The van der Waals surface area contributed by atoms with Crippen LogP contribution in [0.5, 0.6) is 0 Å². The summed E-state index contributed by atoms with van der Waals surface area (Å²) in [5.74, 6) is 1.57. The fourth-order valence-electron chi connectivity index (χ4n) is 1.62. The molecular formula is C14H20ClNO2S. The summed E-state index contributed by atoms with van der Waals surface area (Å²) in [6.45, 7) is 2.24. The van der Waals surface area contributed by atoms with Gasteiger partial charge < -0.3 is 10.1 Å². The van der Waals surface area contributed by atoms with Crippen LogP contribution in [0.3, 0.4) is 0 Å². The highest BCUT2D eigenvalue weighted by Crippen LogP contribution is 2.21. The number of carbonyl (C=O) groups excluding carboxylic acids is 1. The van der Waals surface area contributed by atoms with Crippen LogP contribution < -0.4 is 5.32 Å². The minimum absolute atomic E-state index is 0.177. The molecule has 0 saturated carbocycles. The van der Waals surface area contributed by atoms with Crippen molar-refractivity contribution in [2.45, 2.75) is 25.1 Å². The van der Waals surface area contributed by atoms with E-state index in [1.807, 2.05) is 31.2 Å². The van der Waals surface area contributed by atoms with E-state index >= 15 is 0 Å². The number of thioether (sulfide) groups is 1. The maximum atomic E-state index is 11.6. The Kier molecular flexibility index (Phi) is 7.94. The molecule has 1 rings (SSSR count). The molecular weight excluding hydrogens is 282 g/mol. The van der Waals surface area contributed by atoms with Gasteiger partial charge in [0.25, 0.3) is 0 Å². The number of hydrogen-bond donors (Lipinski definition) is 1. The quantitative estimate of drug-likeness (QED) is 0.591. The molecule has 1 aromatic carbocycles. The van der Waals surface area contributed by atoms with Crippen molar-refractivity contribution < 1.29 is 9.53 Å². The smallest absolute Gasteiger partial charge is 0.323 e. The van der Waals surface area contributed by atoms with E-state index in [0.29, 0.717) is 6.61 Å². The van der Waals surface area contributed by atoms with Crippen molar-refractivity contribution in [3.63, 3.8) is 0 Å². The SMILES string of the molecule is CCOC(=O)C(CCSCc1ccccc1Cl)NC. The summed E-state index contributed by atoms with van der Waals surface area (Å²) in [5, 5.41) is 3.78. The van der Waals surface area contributed by atoms with Crippen LogP contribution in [0.1, 0.15) is 18.9 Å². The lowest BCUT2D eigenvalue weighted by Crippen LogP contribution is -2.36. The molecule has 0 aliphatic heterocycles. The van der Waals surface area contributed by atoms with E-state index in [4.69, 9.17) is 16.3 Å². The van der Waals surface area contributed by atoms with Crippen molar-refractivity contribution in [2.75, 3.05) is 19.4 Å². The van der Waals surface area contributed by atoms with Crippen LogP contribution in [0.15, 0.2) is 24.3 Å². The normalized spacial score (nSPS) is 12.2. The summed E-state index contributed by atoms with van der Waals surface area (Å²) >= 11 is 7.85. The third-order valence-corrected chi connectivity index (χ3v) is 4.09. The Balaban J connectivity index is 2.30. The van der Waals surface area contributed by atoms with Crippen molar-refractivity contribution in [2.24, 2.45) is 0 Å². The molecule has 106 valence electrons. The Labute approximate surface area is 124 Å². The first-order chi connectivity index (χ1) is 9.19. The van der Waals surface area contributed by atoms with Gasteiger partial charge in [0, 0.05) is 10.8 Å². The van der Waals surface area contributed by atoms with Crippen molar-refractivity contribution in [1.82, 2.24) is 5.32 Å². The lowest BCUT2D eigenvalue weighted by Gasteiger charge is -2.14. The van der Waals surface area contributed by atoms with Gasteiger partial charge in [-0.15, -0.1) is 0 Å². The number of carbonyl (C=O) groups is 1. The molecule has 1 unspecified atom stereocenters. The Morgan fingerprint density at radius 1 is 1.47 bits per heavy atom. The van der Waals surface area contributed by atoms with Gasteiger partial charge in [-0.05, 0) is 37.8 Å². The van der Waals surface area contributed by atoms with Crippen molar-refractivity contribution >= 4 is 29.3 Å². The van der Waals surface area contributed by atoms with E-state index in [-0.39, 0.29) is 12.0 Å². The number of halogens is 1. The second-order valence-corrected chi connectivity index (χ2v) is 5.54. The third-order valence-electron chi connectivity index (χ3n) is 2.69. The highest BCUT2D eigenvalue weighted by atomic mass is 35.5. The van der Waals surface area contributed by atoms with Crippen molar-refractivity contribution in [1.29, 1.82) is 0 Å². The summed E-state index contributed by atoms with van der Waals surface area (Å²) < 4.78 is 5.00. The predicted molar refractivity (Wildman–Crippen MR) is 81.7 cm³/mol. The molecule has 0 aliphatic rings. The number of ether oxygens (including phenoxy) is 1. The molecule has 1 N–H and O–H groups in total. The molecule has 0 aromatic heterocycles. The van der Waals surface area contributed by atoms with Gasteiger partial charge in [-0.1, -0.05) is 29.8 Å². The Bertz CT molecular complexity index is 401. The van der Waals surface area contributed by atoms with Crippen LogP contribution in [-0.4, -0.2) is 31.4 Å². The second kappa shape index (κ2) is 9.23. The summed E-state index contributed by atoms with van der Waals surface area (Å²) in [6.07, 6.45) is 0.754. The third kappa shape index (κ3) is 5.85. The molecule has 0 heterocycles. The monoisotopic (exact) mass is 301 g/mol. The maximum Gasteiger partial charge on any atom is 0.323 e. The summed E-state index contributed by atoms with van der Waals surface area (Å²) in [7, 11) is 1.78. The first-order valence-electron chi connectivity index (χ1n) is 6.34.